The lowest BCUT2D eigenvalue weighted by Crippen LogP contribution is -2.15. The number of anilines is 2. The summed E-state index contributed by atoms with van der Waals surface area (Å²) in [4.78, 5) is 0.148. The second kappa shape index (κ2) is 5.75. The number of para-hydroxylation sites is 1. The number of sulfonamides is 1. The molecule has 0 saturated carbocycles. The molecule has 0 bridgehead atoms. The smallest absolute Gasteiger partial charge is 0.263 e. The molecule has 106 valence electrons. The first-order valence-electron chi connectivity index (χ1n) is 5.64. The molecule has 0 aliphatic rings. The van der Waals surface area contributed by atoms with Crippen molar-refractivity contribution < 1.29 is 8.42 Å². The van der Waals surface area contributed by atoms with E-state index in [0.717, 1.165) is 5.56 Å². The summed E-state index contributed by atoms with van der Waals surface area (Å²) in [5.74, 6) is 0. The molecular formula is C13H12Br2N2O2S. The summed E-state index contributed by atoms with van der Waals surface area (Å²) in [6.45, 7) is 1.80. The quantitative estimate of drug-likeness (QED) is 0.741. The maximum absolute atomic E-state index is 12.5. The van der Waals surface area contributed by atoms with Gasteiger partial charge in [-0.2, -0.15) is 0 Å². The minimum absolute atomic E-state index is 0.148. The van der Waals surface area contributed by atoms with Crippen molar-refractivity contribution in [1.82, 2.24) is 0 Å². The van der Waals surface area contributed by atoms with Gasteiger partial charge in [-0.1, -0.05) is 28.1 Å². The zero-order valence-corrected chi connectivity index (χ0v) is 14.5. The van der Waals surface area contributed by atoms with Crippen LogP contribution in [0.5, 0.6) is 0 Å². The van der Waals surface area contributed by atoms with E-state index in [9.17, 15) is 8.42 Å². The van der Waals surface area contributed by atoms with Gasteiger partial charge in [-0.3, -0.25) is 4.72 Å². The van der Waals surface area contributed by atoms with Crippen LogP contribution >= 0.6 is 31.9 Å². The third-order valence-corrected chi connectivity index (χ3v) is 5.56. The van der Waals surface area contributed by atoms with E-state index in [1.54, 1.807) is 37.3 Å². The molecule has 0 aliphatic carbocycles. The van der Waals surface area contributed by atoms with Crippen LogP contribution in [0, 0.1) is 6.92 Å². The van der Waals surface area contributed by atoms with Gasteiger partial charge in [0.05, 0.1) is 11.4 Å². The highest BCUT2D eigenvalue weighted by Gasteiger charge is 2.20. The molecule has 0 spiro atoms. The Balaban J connectivity index is 2.49. The number of aryl methyl sites for hydroxylation is 1. The Bertz CT molecular complexity index is 741. The molecule has 2 aromatic carbocycles. The van der Waals surface area contributed by atoms with E-state index in [1.807, 2.05) is 0 Å². The highest BCUT2D eigenvalue weighted by atomic mass is 79.9. The van der Waals surface area contributed by atoms with Crippen LogP contribution in [0.4, 0.5) is 11.4 Å². The Morgan fingerprint density at radius 3 is 2.50 bits per heavy atom. The highest BCUT2D eigenvalue weighted by Crippen LogP contribution is 2.30. The minimum atomic E-state index is -3.72. The molecule has 2 rings (SSSR count). The maximum Gasteiger partial charge on any atom is 0.263 e. The molecule has 0 aromatic heterocycles. The fourth-order valence-electron chi connectivity index (χ4n) is 1.70. The summed E-state index contributed by atoms with van der Waals surface area (Å²) in [5, 5.41) is 0. The number of hydrogen-bond acceptors (Lipinski definition) is 3. The largest absolute Gasteiger partial charge is 0.397 e. The lowest BCUT2D eigenvalue weighted by Gasteiger charge is -2.14. The topological polar surface area (TPSA) is 72.2 Å². The zero-order valence-electron chi connectivity index (χ0n) is 10.5. The van der Waals surface area contributed by atoms with Gasteiger partial charge in [0, 0.05) is 8.95 Å². The molecule has 20 heavy (non-hydrogen) atoms. The van der Waals surface area contributed by atoms with Gasteiger partial charge >= 0.3 is 0 Å². The van der Waals surface area contributed by atoms with Crippen LogP contribution in [0.1, 0.15) is 5.56 Å². The van der Waals surface area contributed by atoms with E-state index in [0.29, 0.717) is 20.3 Å². The van der Waals surface area contributed by atoms with Gasteiger partial charge < -0.3 is 5.73 Å². The van der Waals surface area contributed by atoms with Crippen LogP contribution in [0.15, 0.2) is 50.2 Å². The van der Waals surface area contributed by atoms with Gasteiger partial charge in [0.15, 0.2) is 0 Å². The first kappa shape index (κ1) is 15.3. The maximum atomic E-state index is 12.5. The normalized spacial score (nSPS) is 11.3. The van der Waals surface area contributed by atoms with Gasteiger partial charge in [0.1, 0.15) is 4.90 Å². The number of halogens is 2. The molecule has 3 N–H and O–H groups in total. The van der Waals surface area contributed by atoms with Gasteiger partial charge in [-0.15, -0.1) is 0 Å². The van der Waals surface area contributed by atoms with Crippen LogP contribution < -0.4 is 10.5 Å². The molecule has 4 nitrogen and oxygen atoms in total. The predicted octanol–water partition coefficient (Wildman–Crippen LogP) is 3.90. The first-order valence-corrected chi connectivity index (χ1v) is 8.71. The first-order chi connectivity index (χ1) is 9.31. The average Bonchev–Trinajstić information content (AvgIpc) is 2.37. The van der Waals surface area contributed by atoms with Crippen molar-refractivity contribution in [1.29, 1.82) is 0 Å². The summed E-state index contributed by atoms with van der Waals surface area (Å²) in [6.07, 6.45) is 0. The Kier molecular flexibility index (Phi) is 4.41. The van der Waals surface area contributed by atoms with Gasteiger partial charge in [-0.05, 0) is 52.7 Å². The fourth-order valence-corrected chi connectivity index (χ4v) is 4.37. The SMILES string of the molecule is Cc1cccc(N)c1NS(=O)(=O)c1cc(Br)ccc1Br. The molecule has 0 amide bonds. The predicted molar refractivity (Wildman–Crippen MR) is 88.2 cm³/mol. The Morgan fingerprint density at radius 1 is 1.15 bits per heavy atom. The van der Waals surface area contributed by atoms with E-state index in [-0.39, 0.29) is 4.90 Å². The number of nitrogens with one attached hydrogen (secondary N) is 1. The number of nitrogen functional groups attached to an aromatic ring is 1. The third kappa shape index (κ3) is 3.16. The molecule has 2 aromatic rings. The van der Waals surface area contributed by atoms with Crippen molar-refractivity contribution in [3.05, 3.63) is 50.9 Å². The highest BCUT2D eigenvalue weighted by molar-refractivity contribution is 9.11. The van der Waals surface area contributed by atoms with Crippen LogP contribution in [-0.2, 0) is 10.0 Å². The van der Waals surface area contributed by atoms with Crippen molar-refractivity contribution in [2.24, 2.45) is 0 Å². The van der Waals surface area contributed by atoms with E-state index < -0.39 is 10.0 Å². The molecule has 0 radical (unpaired) electrons. The van der Waals surface area contributed by atoms with Crippen LogP contribution in [0.2, 0.25) is 0 Å². The standard InChI is InChI=1S/C13H12Br2N2O2S/c1-8-3-2-4-11(16)13(8)17-20(18,19)12-7-9(14)5-6-10(12)15/h2-7,17H,16H2,1H3. The zero-order chi connectivity index (χ0) is 14.9. The summed E-state index contributed by atoms with van der Waals surface area (Å²) in [5.41, 5.74) is 7.38. The fraction of sp³-hybridized carbons (Fsp3) is 0.0769. The molecule has 7 heteroatoms. The summed E-state index contributed by atoms with van der Waals surface area (Å²) in [7, 11) is -3.72. The van der Waals surface area contributed by atoms with Crippen molar-refractivity contribution in [2.75, 3.05) is 10.5 Å². The number of rotatable bonds is 3. The number of benzene rings is 2. The molecule has 0 aliphatic heterocycles. The molecule has 0 heterocycles. The van der Waals surface area contributed by atoms with E-state index >= 15 is 0 Å². The molecule has 0 fully saturated rings. The van der Waals surface area contributed by atoms with Crippen molar-refractivity contribution in [3.8, 4) is 0 Å². The second-order valence-corrected chi connectivity index (χ2v) is 7.64. The Hall–Kier alpha value is -1.05. The number of hydrogen-bond donors (Lipinski definition) is 2. The van der Waals surface area contributed by atoms with E-state index in [2.05, 4.69) is 36.6 Å². The van der Waals surface area contributed by atoms with Crippen LogP contribution in [0.3, 0.4) is 0 Å². The second-order valence-electron chi connectivity index (χ2n) is 4.22. The lowest BCUT2D eigenvalue weighted by molar-refractivity contribution is 0.600. The van der Waals surface area contributed by atoms with E-state index in [1.165, 1.54) is 6.07 Å². The molecule has 0 atom stereocenters. The average molecular weight is 420 g/mol. The van der Waals surface area contributed by atoms with Gasteiger partial charge in [0.25, 0.3) is 10.0 Å². The van der Waals surface area contributed by atoms with Crippen molar-refractivity contribution >= 4 is 53.3 Å². The van der Waals surface area contributed by atoms with E-state index in [4.69, 9.17) is 5.73 Å². The molecule has 0 unspecified atom stereocenters. The summed E-state index contributed by atoms with van der Waals surface area (Å²) < 4.78 is 28.6. The molecular weight excluding hydrogens is 408 g/mol. The number of nitrogens with two attached hydrogens (primary N) is 1. The minimum Gasteiger partial charge on any atom is -0.397 e. The Labute approximate surface area is 134 Å². The lowest BCUT2D eigenvalue weighted by atomic mass is 10.2. The summed E-state index contributed by atoms with van der Waals surface area (Å²) >= 11 is 6.51. The summed E-state index contributed by atoms with van der Waals surface area (Å²) in [6, 6.07) is 10.2. The molecule has 0 saturated heterocycles. The van der Waals surface area contributed by atoms with Crippen molar-refractivity contribution in [3.63, 3.8) is 0 Å². The monoisotopic (exact) mass is 418 g/mol. The van der Waals surface area contributed by atoms with Gasteiger partial charge in [0.2, 0.25) is 0 Å². The Morgan fingerprint density at radius 2 is 1.85 bits per heavy atom. The third-order valence-electron chi connectivity index (χ3n) is 2.72. The van der Waals surface area contributed by atoms with Crippen molar-refractivity contribution in [2.45, 2.75) is 11.8 Å². The van der Waals surface area contributed by atoms with Gasteiger partial charge in [-0.25, -0.2) is 8.42 Å². The van der Waals surface area contributed by atoms with Crippen LogP contribution in [0.25, 0.3) is 0 Å². The van der Waals surface area contributed by atoms with Crippen LogP contribution in [-0.4, -0.2) is 8.42 Å².